The zero-order valence-corrected chi connectivity index (χ0v) is 12.6. The summed E-state index contributed by atoms with van der Waals surface area (Å²) in [6, 6.07) is 5.76. The Hall–Kier alpha value is -1.36. The predicted molar refractivity (Wildman–Crippen MR) is 77.3 cm³/mol. The molecule has 0 spiro atoms. The average Bonchev–Trinajstić information content (AvgIpc) is 2.58. The number of rotatable bonds is 1. The van der Waals surface area contributed by atoms with Crippen LogP contribution in [0.15, 0.2) is 22.7 Å². The maximum Gasteiger partial charge on any atom is 0.158 e. The predicted octanol–water partition coefficient (Wildman–Crippen LogP) is 3.12. The number of benzene rings is 1. The van der Waals surface area contributed by atoms with E-state index in [4.69, 9.17) is 5.73 Å². The molecule has 0 saturated carbocycles. The van der Waals surface area contributed by atoms with Crippen LogP contribution in [-0.4, -0.2) is 14.8 Å². The summed E-state index contributed by atoms with van der Waals surface area (Å²) in [6.07, 6.45) is 0. The zero-order chi connectivity index (χ0) is 13.5. The van der Waals surface area contributed by atoms with Crippen molar-refractivity contribution < 1.29 is 0 Å². The van der Waals surface area contributed by atoms with Crippen molar-refractivity contribution in [1.29, 1.82) is 0 Å². The standard InChI is InChI=1S/C13H17BrN4/c1-13(2,3)12-16-11(18(4)17-12)8-5-9(14)7-10(15)6-8/h5-7H,15H2,1-4H3. The summed E-state index contributed by atoms with van der Waals surface area (Å²) in [7, 11) is 1.90. The van der Waals surface area contributed by atoms with E-state index in [9.17, 15) is 0 Å². The molecule has 5 heteroatoms. The number of nitrogens with two attached hydrogens (primary N) is 1. The van der Waals surface area contributed by atoms with Gasteiger partial charge < -0.3 is 5.73 Å². The van der Waals surface area contributed by atoms with E-state index in [2.05, 4.69) is 46.8 Å². The first-order valence-electron chi connectivity index (χ1n) is 5.75. The summed E-state index contributed by atoms with van der Waals surface area (Å²) < 4.78 is 2.74. The molecule has 0 radical (unpaired) electrons. The second kappa shape index (κ2) is 4.39. The van der Waals surface area contributed by atoms with Crippen molar-refractivity contribution in [3.63, 3.8) is 0 Å². The van der Waals surface area contributed by atoms with E-state index in [0.717, 1.165) is 21.7 Å². The smallest absolute Gasteiger partial charge is 0.158 e. The molecular weight excluding hydrogens is 292 g/mol. The summed E-state index contributed by atoms with van der Waals surface area (Å²) in [5, 5.41) is 4.47. The maximum atomic E-state index is 5.85. The molecule has 0 atom stereocenters. The molecule has 2 N–H and O–H groups in total. The van der Waals surface area contributed by atoms with Gasteiger partial charge in [-0.1, -0.05) is 36.7 Å². The number of nitrogens with zero attached hydrogens (tertiary/aromatic N) is 3. The highest BCUT2D eigenvalue weighted by atomic mass is 79.9. The molecule has 0 aliphatic heterocycles. The molecule has 0 bridgehead atoms. The summed E-state index contributed by atoms with van der Waals surface area (Å²) in [4.78, 5) is 4.61. The molecule has 0 fully saturated rings. The topological polar surface area (TPSA) is 56.7 Å². The summed E-state index contributed by atoms with van der Waals surface area (Å²) in [5.41, 5.74) is 7.46. The Kier molecular flexibility index (Phi) is 3.19. The fraction of sp³-hybridized carbons (Fsp3) is 0.385. The quantitative estimate of drug-likeness (QED) is 0.823. The number of anilines is 1. The Morgan fingerprint density at radius 2 is 1.89 bits per heavy atom. The fourth-order valence-corrected chi connectivity index (χ4v) is 2.21. The molecule has 0 amide bonds. The molecule has 0 unspecified atom stereocenters. The highest BCUT2D eigenvalue weighted by Gasteiger charge is 2.21. The Morgan fingerprint density at radius 1 is 1.22 bits per heavy atom. The van der Waals surface area contributed by atoms with E-state index in [1.54, 1.807) is 4.68 Å². The molecule has 0 saturated heterocycles. The van der Waals surface area contributed by atoms with Crippen LogP contribution in [0.5, 0.6) is 0 Å². The maximum absolute atomic E-state index is 5.85. The minimum atomic E-state index is -0.0619. The normalized spacial score (nSPS) is 11.8. The molecule has 96 valence electrons. The van der Waals surface area contributed by atoms with Gasteiger partial charge >= 0.3 is 0 Å². The van der Waals surface area contributed by atoms with Gasteiger partial charge in [0, 0.05) is 28.2 Å². The molecular formula is C13H17BrN4. The van der Waals surface area contributed by atoms with Crippen molar-refractivity contribution in [2.75, 3.05) is 5.73 Å². The van der Waals surface area contributed by atoms with E-state index < -0.39 is 0 Å². The fourth-order valence-electron chi connectivity index (χ4n) is 1.69. The van der Waals surface area contributed by atoms with Crippen molar-refractivity contribution >= 4 is 21.6 Å². The van der Waals surface area contributed by atoms with Crippen LogP contribution in [-0.2, 0) is 12.5 Å². The largest absolute Gasteiger partial charge is 0.399 e. The molecule has 1 aromatic carbocycles. The third kappa shape index (κ3) is 2.56. The van der Waals surface area contributed by atoms with Gasteiger partial charge in [0.15, 0.2) is 11.6 Å². The summed E-state index contributed by atoms with van der Waals surface area (Å²) >= 11 is 3.44. The van der Waals surface area contributed by atoms with Crippen LogP contribution in [0.1, 0.15) is 26.6 Å². The lowest BCUT2D eigenvalue weighted by atomic mass is 9.96. The lowest BCUT2D eigenvalue weighted by Crippen LogP contribution is -2.13. The molecule has 2 rings (SSSR count). The molecule has 0 aliphatic carbocycles. The second-order valence-corrected chi connectivity index (χ2v) is 6.32. The Morgan fingerprint density at radius 3 is 2.39 bits per heavy atom. The van der Waals surface area contributed by atoms with Crippen LogP contribution >= 0.6 is 15.9 Å². The number of halogens is 1. The average molecular weight is 309 g/mol. The zero-order valence-electron chi connectivity index (χ0n) is 11.0. The minimum Gasteiger partial charge on any atom is -0.399 e. The van der Waals surface area contributed by atoms with Crippen LogP contribution in [0, 0.1) is 0 Å². The van der Waals surface area contributed by atoms with Crippen molar-refractivity contribution in [1.82, 2.24) is 14.8 Å². The van der Waals surface area contributed by atoms with E-state index in [0.29, 0.717) is 5.69 Å². The van der Waals surface area contributed by atoms with Gasteiger partial charge in [0.25, 0.3) is 0 Å². The highest BCUT2D eigenvalue weighted by molar-refractivity contribution is 9.10. The Labute approximate surface area is 115 Å². The third-order valence-corrected chi connectivity index (χ3v) is 3.07. The van der Waals surface area contributed by atoms with Gasteiger partial charge in [-0.3, -0.25) is 0 Å². The number of hydrogen-bond donors (Lipinski definition) is 1. The Bertz CT molecular complexity index is 561. The van der Waals surface area contributed by atoms with Crippen molar-refractivity contribution in [2.24, 2.45) is 7.05 Å². The second-order valence-electron chi connectivity index (χ2n) is 5.41. The molecule has 1 heterocycles. The van der Waals surface area contributed by atoms with Crippen LogP contribution in [0.4, 0.5) is 5.69 Å². The van der Waals surface area contributed by atoms with Gasteiger partial charge in [0.1, 0.15) is 0 Å². The van der Waals surface area contributed by atoms with Gasteiger partial charge in [-0.2, -0.15) is 5.10 Å². The van der Waals surface area contributed by atoms with Crippen LogP contribution in [0.3, 0.4) is 0 Å². The van der Waals surface area contributed by atoms with Gasteiger partial charge in [0.2, 0.25) is 0 Å². The number of hydrogen-bond acceptors (Lipinski definition) is 3. The first kappa shape index (κ1) is 13.1. The SMILES string of the molecule is Cn1nc(C(C)(C)C)nc1-c1cc(N)cc(Br)c1. The van der Waals surface area contributed by atoms with E-state index in [-0.39, 0.29) is 5.41 Å². The highest BCUT2D eigenvalue weighted by Crippen LogP contribution is 2.27. The van der Waals surface area contributed by atoms with E-state index in [1.807, 2.05) is 25.2 Å². The molecule has 18 heavy (non-hydrogen) atoms. The number of aryl methyl sites for hydroxylation is 1. The van der Waals surface area contributed by atoms with Crippen LogP contribution in [0.25, 0.3) is 11.4 Å². The van der Waals surface area contributed by atoms with Gasteiger partial charge in [-0.05, 0) is 18.2 Å². The Balaban J connectivity index is 2.54. The van der Waals surface area contributed by atoms with Gasteiger partial charge in [-0.25, -0.2) is 9.67 Å². The lowest BCUT2D eigenvalue weighted by molar-refractivity contribution is 0.538. The first-order valence-corrected chi connectivity index (χ1v) is 6.54. The summed E-state index contributed by atoms with van der Waals surface area (Å²) in [5.74, 6) is 1.66. The van der Waals surface area contributed by atoms with E-state index >= 15 is 0 Å². The molecule has 0 aliphatic rings. The third-order valence-electron chi connectivity index (χ3n) is 2.61. The van der Waals surface area contributed by atoms with Crippen molar-refractivity contribution in [3.8, 4) is 11.4 Å². The monoisotopic (exact) mass is 308 g/mol. The molecule has 2 aromatic rings. The number of nitrogen functional groups attached to an aromatic ring is 1. The van der Waals surface area contributed by atoms with E-state index in [1.165, 1.54) is 0 Å². The van der Waals surface area contributed by atoms with Crippen molar-refractivity contribution in [3.05, 3.63) is 28.5 Å². The van der Waals surface area contributed by atoms with Crippen LogP contribution < -0.4 is 5.73 Å². The van der Waals surface area contributed by atoms with Gasteiger partial charge in [0.05, 0.1) is 0 Å². The van der Waals surface area contributed by atoms with Gasteiger partial charge in [-0.15, -0.1) is 0 Å². The van der Waals surface area contributed by atoms with Crippen LogP contribution in [0.2, 0.25) is 0 Å². The number of aromatic nitrogens is 3. The summed E-state index contributed by atoms with van der Waals surface area (Å²) in [6.45, 7) is 6.30. The lowest BCUT2D eigenvalue weighted by Gasteiger charge is -2.12. The minimum absolute atomic E-state index is 0.0619. The van der Waals surface area contributed by atoms with Crippen molar-refractivity contribution in [2.45, 2.75) is 26.2 Å². The first-order chi connectivity index (χ1) is 8.27. The molecule has 4 nitrogen and oxygen atoms in total. The molecule has 1 aromatic heterocycles.